The Morgan fingerprint density at radius 2 is 1.91 bits per heavy atom. The molecule has 0 saturated carbocycles. The highest BCUT2D eigenvalue weighted by Gasteiger charge is 2.26. The third-order valence-electron chi connectivity index (χ3n) is 5.20. The second-order valence-corrected chi connectivity index (χ2v) is 8.31. The maximum atomic E-state index is 12.9. The van der Waals surface area contributed by atoms with E-state index >= 15 is 0 Å². The molecule has 0 atom stereocenters. The largest absolute Gasteiger partial charge is 0.497 e. The van der Waals surface area contributed by atoms with Gasteiger partial charge in [-0.3, -0.25) is 0 Å². The van der Waals surface area contributed by atoms with Crippen molar-refractivity contribution in [2.45, 2.75) is 12.1 Å². The molecule has 10 heteroatoms. The van der Waals surface area contributed by atoms with E-state index < -0.39 is 5.97 Å². The average molecular weight is 479 g/mol. The highest BCUT2D eigenvalue weighted by Crippen LogP contribution is 2.33. The maximum Gasteiger partial charge on any atom is 0.340 e. The van der Waals surface area contributed by atoms with Gasteiger partial charge in [-0.2, -0.15) is 9.78 Å². The van der Waals surface area contributed by atoms with Crippen LogP contribution in [-0.4, -0.2) is 59.2 Å². The summed E-state index contributed by atoms with van der Waals surface area (Å²) >= 11 is 1.46. The smallest absolute Gasteiger partial charge is 0.340 e. The molecule has 34 heavy (non-hydrogen) atoms. The zero-order valence-electron chi connectivity index (χ0n) is 18.7. The first-order chi connectivity index (χ1) is 16.7. The van der Waals surface area contributed by atoms with Crippen LogP contribution in [0.4, 0.5) is 0 Å². The van der Waals surface area contributed by atoms with Crippen molar-refractivity contribution in [3.8, 4) is 28.6 Å². The Bertz CT molecular complexity index is 1280. The molecular formula is C24H22N4O5S. The van der Waals surface area contributed by atoms with E-state index in [9.17, 15) is 4.79 Å². The van der Waals surface area contributed by atoms with E-state index in [1.165, 1.54) is 11.8 Å². The molecular weight excluding hydrogens is 456 g/mol. The van der Waals surface area contributed by atoms with Gasteiger partial charge in [0.1, 0.15) is 19.0 Å². The van der Waals surface area contributed by atoms with Crippen LogP contribution in [-0.2, 0) is 9.53 Å². The Morgan fingerprint density at radius 3 is 2.68 bits per heavy atom. The van der Waals surface area contributed by atoms with Crippen LogP contribution in [0.25, 0.3) is 17.5 Å². The minimum Gasteiger partial charge on any atom is -0.497 e. The van der Waals surface area contributed by atoms with Gasteiger partial charge < -0.3 is 18.9 Å². The molecule has 0 N–H and O–H groups in total. The third kappa shape index (κ3) is 4.36. The first-order valence-corrected chi connectivity index (χ1v) is 11.7. The van der Waals surface area contributed by atoms with Gasteiger partial charge in [-0.05, 0) is 55.0 Å². The van der Waals surface area contributed by atoms with Crippen molar-refractivity contribution < 1.29 is 23.7 Å². The topological polar surface area (TPSA) is 97.1 Å². The lowest BCUT2D eigenvalue weighted by Crippen LogP contribution is -2.22. The van der Waals surface area contributed by atoms with E-state index in [0.29, 0.717) is 52.7 Å². The van der Waals surface area contributed by atoms with Crippen molar-refractivity contribution in [3.05, 3.63) is 53.6 Å². The molecule has 174 valence electrons. The van der Waals surface area contributed by atoms with Gasteiger partial charge in [0.05, 0.1) is 25.0 Å². The first-order valence-electron chi connectivity index (χ1n) is 10.8. The summed E-state index contributed by atoms with van der Waals surface area (Å²) in [6.45, 7) is 3.03. The van der Waals surface area contributed by atoms with Crippen LogP contribution in [0.1, 0.15) is 12.5 Å². The molecule has 0 fully saturated rings. The second kappa shape index (κ2) is 9.60. The summed E-state index contributed by atoms with van der Waals surface area (Å²) in [4.78, 5) is 12.9. The van der Waals surface area contributed by atoms with Crippen molar-refractivity contribution in [2.24, 2.45) is 5.10 Å². The van der Waals surface area contributed by atoms with Gasteiger partial charge in [0.15, 0.2) is 17.3 Å². The zero-order chi connectivity index (χ0) is 23.5. The van der Waals surface area contributed by atoms with Gasteiger partial charge in [-0.25, -0.2) is 4.79 Å². The van der Waals surface area contributed by atoms with Gasteiger partial charge in [-0.1, -0.05) is 17.8 Å². The quantitative estimate of drug-likeness (QED) is 0.391. The average Bonchev–Trinajstić information content (AvgIpc) is 3.30. The number of carbonyl (C=O) groups is 1. The fourth-order valence-corrected chi connectivity index (χ4v) is 4.39. The van der Waals surface area contributed by atoms with Crippen molar-refractivity contribution >= 4 is 29.5 Å². The third-order valence-corrected chi connectivity index (χ3v) is 6.13. The first kappa shape index (κ1) is 22.0. The van der Waals surface area contributed by atoms with E-state index in [2.05, 4.69) is 10.2 Å². The summed E-state index contributed by atoms with van der Waals surface area (Å²) in [5.74, 6) is 2.66. The minimum atomic E-state index is -0.445. The predicted octanol–water partition coefficient (Wildman–Crippen LogP) is 3.68. The number of carbonyl (C=O) groups excluding carboxylic acids is 1. The van der Waals surface area contributed by atoms with Gasteiger partial charge >= 0.3 is 5.97 Å². The van der Waals surface area contributed by atoms with Crippen LogP contribution in [0.5, 0.6) is 17.2 Å². The number of fused-ring (bicyclic) bond motifs is 2. The lowest BCUT2D eigenvalue weighted by molar-refractivity contribution is -0.137. The Balaban J connectivity index is 1.54. The minimum absolute atomic E-state index is 0.257. The molecule has 0 saturated heterocycles. The number of hydrogen-bond donors (Lipinski definition) is 0. The Morgan fingerprint density at radius 1 is 1.12 bits per heavy atom. The number of methoxy groups -OCH3 is 1. The van der Waals surface area contributed by atoms with Crippen LogP contribution in [0.2, 0.25) is 0 Å². The molecule has 3 heterocycles. The molecule has 5 rings (SSSR count). The highest BCUT2D eigenvalue weighted by atomic mass is 32.2. The van der Waals surface area contributed by atoms with Gasteiger partial charge in [0.25, 0.3) is 0 Å². The SMILES string of the molecule is CCOC(=O)/C(=C\c1ccc2c(c1)OCCO2)C1=Nn2c(nnc2-c2ccc(OC)cc2)SC1. The van der Waals surface area contributed by atoms with Crippen molar-refractivity contribution in [3.63, 3.8) is 0 Å². The molecule has 2 aromatic carbocycles. The van der Waals surface area contributed by atoms with Gasteiger partial charge in [-0.15, -0.1) is 10.2 Å². The normalized spacial score (nSPS) is 14.8. The number of aromatic nitrogens is 3. The zero-order valence-corrected chi connectivity index (χ0v) is 19.5. The molecule has 9 nitrogen and oxygen atoms in total. The molecule has 0 unspecified atom stereocenters. The molecule has 0 bridgehead atoms. The van der Waals surface area contributed by atoms with E-state index in [1.807, 2.05) is 42.5 Å². The van der Waals surface area contributed by atoms with Crippen molar-refractivity contribution in [1.82, 2.24) is 14.9 Å². The van der Waals surface area contributed by atoms with E-state index in [4.69, 9.17) is 24.0 Å². The maximum absolute atomic E-state index is 12.9. The summed E-state index contributed by atoms with van der Waals surface area (Å²) in [5, 5.41) is 14.0. The van der Waals surface area contributed by atoms with Crippen LogP contribution in [0, 0.1) is 0 Å². The van der Waals surface area contributed by atoms with Gasteiger partial charge in [0, 0.05) is 11.3 Å². The number of rotatable bonds is 6. The fourth-order valence-electron chi connectivity index (χ4n) is 3.57. The van der Waals surface area contributed by atoms with E-state index in [1.54, 1.807) is 24.8 Å². The fraction of sp³-hybridized carbons (Fsp3) is 0.250. The number of esters is 1. The molecule has 0 aliphatic carbocycles. The Labute approximate surface area is 200 Å². The molecule has 3 aromatic rings. The molecule has 0 amide bonds. The van der Waals surface area contributed by atoms with E-state index in [-0.39, 0.29) is 6.61 Å². The van der Waals surface area contributed by atoms with Crippen LogP contribution < -0.4 is 14.2 Å². The standard InChI is InChI=1S/C24H22N4O5S/c1-3-31-23(29)18(12-15-4-9-20-21(13-15)33-11-10-32-20)19-14-34-24-26-25-22(28(24)27-19)16-5-7-17(30-2)8-6-16/h4-9,12-13H,3,10-11,14H2,1-2H3/b18-12-. The molecule has 2 aliphatic heterocycles. The highest BCUT2D eigenvalue weighted by molar-refractivity contribution is 7.99. The van der Waals surface area contributed by atoms with Crippen molar-refractivity contribution in [2.75, 3.05) is 32.7 Å². The predicted molar refractivity (Wildman–Crippen MR) is 128 cm³/mol. The number of nitrogens with zero attached hydrogens (tertiary/aromatic N) is 4. The Kier molecular flexibility index (Phi) is 6.22. The number of ether oxygens (including phenoxy) is 4. The van der Waals surface area contributed by atoms with Crippen LogP contribution in [0.15, 0.2) is 58.3 Å². The van der Waals surface area contributed by atoms with E-state index in [0.717, 1.165) is 16.9 Å². The van der Waals surface area contributed by atoms with Gasteiger partial charge in [0.2, 0.25) is 5.16 Å². The van der Waals surface area contributed by atoms with Crippen LogP contribution in [0.3, 0.4) is 0 Å². The number of hydrogen-bond acceptors (Lipinski definition) is 9. The second-order valence-electron chi connectivity index (χ2n) is 7.36. The molecule has 2 aliphatic rings. The lowest BCUT2D eigenvalue weighted by Gasteiger charge is -2.19. The summed E-state index contributed by atoms with van der Waals surface area (Å²) in [6, 6.07) is 13.0. The summed E-state index contributed by atoms with van der Waals surface area (Å²) in [6.07, 6.45) is 1.76. The molecule has 1 aromatic heterocycles. The monoisotopic (exact) mass is 478 g/mol. The number of thioether (sulfide) groups is 1. The van der Waals surface area contributed by atoms with Crippen LogP contribution >= 0.6 is 11.8 Å². The summed E-state index contributed by atoms with van der Waals surface area (Å²) in [5.41, 5.74) is 2.55. The number of benzene rings is 2. The Hall–Kier alpha value is -3.79. The molecule has 0 spiro atoms. The summed E-state index contributed by atoms with van der Waals surface area (Å²) < 4.78 is 23.5. The summed E-state index contributed by atoms with van der Waals surface area (Å²) in [7, 11) is 1.62. The lowest BCUT2D eigenvalue weighted by atomic mass is 10.1. The van der Waals surface area contributed by atoms with Crippen molar-refractivity contribution in [1.29, 1.82) is 0 Å². The molecule has 0 radical (unpaired) electrons.